The fourth-order valence-corrected chi connectivity index (χ4v) is 2.68. The quantitative estimate of drug-likeness (QED) is 0.886. The van der Waals surface area contributed by atoms with Gasteiger partial charge in [0, 0.05) is 4.47 Å². The van der Waals surface area contributed by atoms with Crippen molar-refractivity contribution in [1.29, 1.82) is 0 Å². The maximum Gasteiger partial charge on any atom is 0.0175 e. The molecule has 1 N–H and O–H groups in total. The van der Waals surface area contributed by atoms with Crippen LogP contribution in [0.5, 0.6) is 0 Å². The van der Waals surface area contributed by atoms with Gasteiger partial charge in [-0.2, -0.15) is 0 Å². The first-order valence-electron chi connectivity index (χ1n) is 6.30. The van der Waals surface area contributed by atoms with Gasteiger partial charge in [-0.3, -0.25) is 0 Å². The van der Waals surface area contributed by atoms with Gasteiger partial charge in [0.2, 0.25) is 0 Å². The van der Waals surface area contributed by atoms with E-state index >= 15 is 0 Å². The molecule has 0 spiro atoms. The lowest BCUT2D eigenvalue weighted by molar-refractivity contribution is 0.347. The van der Waals surface area contributed by atoms with E-state index in [-0.39, 0.29) is 0 Å². The summed E-state index contributed by atoms with van der Waals surface area (Å²) < 4.78 is 1.18. The lowest BCUT2D eigenvalue weighted by Crippen LogP contribution is -2.27. The van der Waals surface area contributed by atoms with E-state index in [2.05, 4.69) is 45.5 Å². The van der Waals surface area contributed by atoms with Gasteiger partial charge in [0.1, 0.15) is 0 Å². The molecule has 0 bridgehead atoms. The lowest BCUT2D eigenvalue weighted by atomic mass is 9.92. The van der Waals surface area contributed by atoms with Crippen molar-refractivity contribution in [3.8, 4) is 0 Å². The van der Waals surface area contributed by atoms with E-state index in [1.807, 2.05) is 0 Å². The zero-order chi connectivity index (χ0) is 11.2. The molecule has 88 valence electrons. The number of nitrogens with one attached hydrogen (secondary N) is 1. The second kappa shape index (κ2) is 6.41. The smallest absolute Gasteiger partial charge is 0.0175 e. The minimum absolute atomic E-state index is 0.969. The average Bonchev–Trinajstić information content (AvgIpc) is 2.33. The van der Waals surface area contributed by atoms with Crippen LogP contribution in [0.2, 0.25) is 0 Å². The van der Waals surface area contributed by atoms with Gasteiger partial charge in [0.15, 0.2) is 0 Å². The molecule has 0 amide bonds. The molecule has 1 aliphatic rings. The summed E-state index contributed by atoms with van der Waals surface area (Å²) in [5, 5.41) is 3.42. The van der Waals surface area contributed by atoms with Gasteiger partial charge in [-0.1, -0.05) is 34.5 Å². The van der Waals surface area contributed by atoms with Crippen LogP contribution in [0, 0.1) is 5.92 Å². The summed E-state index contributed by atoms with van der Waals surface area (Å²) >= 11 is 3.47. The Hall–Kier alpha value is -0.340. The number of piperidine rings is 1. The van der Waals surface area contributed by atoms with Crippen LogP contribution in [0.15, 0.2) is 28.7 Å². The van der Waals surface area contributed by atoms with Gasteiger partial charge in [-0.05, 0) is 62.4 Å². The van der Waals surface area contributed by atoms with Crippen molar-refractivity contribution in [1.82, 2.24) is 5.32 Å². The van der Waals surface area contributed by atoms with Crippen LogP contribution in [-0.4, -0.2) is 13.1 Å². The molecule has 0 saturated carbocycles. The Bertz CT molecular complexity index is 301. The van der Waals surface area contributed by atoms with Crippen molar-refractivity contribution in [3.63, 3.8) is 0 Å². The molecule has 1 saturated heterocycles. The van der Waals surface area contributed by atoms with Crippen molar-refractivity contribution in [2.75, 3.05) is 13.1 Å². The third kappa shape index (κ3) is 3.91. The minimum atomic E-state index is 0.969. The van der Waals surface area contributed by atoms with Crippen LogP contribution < -0.4 is 5.32 Å². The van der Waals surface area contributed by atoms with Crippen LogP contribution in [0.4, 0.5) is 0 Å². The number of hydrogen-bond acceptors (Lipinski definition) is 1. The normalized spacial score (nSPS) is 17.6. The van der Waals surface area contributed by atoms with Crippen molar-refractivity contribution in [2.24, 2.45) is 5.92 Å². The van der Waals surface area contributed by atoms with Crippen LogP contribution >= 0.6 is 15.9 Å². The first kappa shape index (κ1) is 12.1. The highest BCUT2D eigenvalue weighted by Gasteiger charge is 2.11. The molecule has 16 heavy (non-hydrogen) atoms. The van der Waals surface area contributed by atoms with E-state index in [0.717, 1.165) is 5.92 Å². The molecule has 1 aromatic carbocycles. The summed E-state index contributed by atoms with van der Waals surface area (Å²) in [5.74, 6) is 0.969. The van der Waals surface area contributed by atoms with E-state index in [9.17, 15) is 0 Å². The number of halogens is 1. The molecule has 1 nitrogen and oxygen atoms in total. The molecule has 0 atom stereocenters. The molecule has 1 fully saturated rings. The fraction of sp³-hybridized carbons (Fsp3) is 0.571. The zero-order valence-electron chi connectivity index (χ0n) is 9.71. The number of hydrogen-bond donors (Lipinski definition) is 1. The summed E-state index contributed by atoms with van der Waals surface area (Å²) in [7, 11) is 0. The van der Waals surface area contributed by atoms with E-state index in [4.69, 9.17) is 0 Å². The molecule has 0 aromatic heterocycles. The van der Waals surface area contributed by atoms with Crippen LogP contribution in [-0.2, 0) is 6.42 Å². The molecule has 0 aliphatic carbocycles. The van der Waals surface area contributed by atoms with Crippen molar-refractivity contribution in [3.05, 3.63) is 34.3 Å². The molecule has 1 aliphatic heterocycles. The standard InChI is InChI=1S/C14H20BrN/c15-14-6-4-12(5-7-14)2-1-3-13-8-10-16-11-9-13/h4-7,13,16H,1-3,8-11H2. The maximum atomic E-state index is 3.47. The maximum absolute atomic E-state index is 3.47. The largest absolute Gasteiger partial charge is 0.317 e. The third-order valence-corrected chi connectivity index (χ3v) is 3.98. The third-order valence-electron chi connectivity index (χ3n) is 3.45. The van der Waals surface area contributed by atoms with Crippen molar-refractivity contribution >= 4 is 15.9 Å². The summed E-state index contributed by atoms with van der Waals surface area (Å²) in [4.78, 5) is 0. The van der Waals surface area contributed by atoms with E-state index < -0.39 is 0 Å². The second-order valence-corrected chi connectivity index (χ2v) is 5.63. The van der Waals surface area contributed by atoms with Gasteiger partial charge in [-0.15, -0.1) is 0 Å². The summed E-state index contributed by atoms with van der Waals surface area (Å²) in [6, 6.07) is 8.73. The van der Waals surface area contributed by atoms with Gasteiger partial charge in [-0.25, -0.2) is 0 Å². The zero-order valence-corrected chi connectivity index (χ0v) is 11.3. The number of rotatable bonds is 4. The highest BCUT2D eigenvalue weighted by atomic mass is 79.9. The Labute approximate surface area is 107 Å². The molecule has 0 radical (unpaired) electrons. The fourth-order valence-electron chi connectivity index (χ4n) is 2.42. The molecule has 1 heterocycles. The Morgan fingerprint density at radius 3 is 2.50 bits per heavy atom. The van der Waals surface area contributed by atoms with Crippen LogP contribution in [0.25, 0.3) is 0 Å². The molecule has 0 unspecified atom stereocenters. The Morgan fingerprint density at radius 1 is 1.12 bits per heavy atom. The summed E-state index contributed by atoms with van der Waals surface area (Å²) in [6.45, 7) is 2.45. The molecule has 2 rings (SSSR count). The minimum Gasteiger partial charge on any atom is -0.317 e. The topological polar surface area (TPSA) is 12.0 Å². The molecular formula is C14H20BrN. The highest BCUT2D eigenvalue weighted by Crippen LogP contribution is 2.19. The predicted octanol–water partition coefficient (Wildman–Crippen LogP) is 3.77. The summed E-state index contributed by atoms with van der Waals surface area (Å²) in [5.41, 5.74) is 1.47. The predicted molar refractivity (Wildman–Crippen MR) is 72.7 cm³/mol. The Kier molecular flexibility index (Phi) is 4.86. The molecule has 2 heteroatoms. The van der Waals surface area contributed by atoms with Crippen LogP contribution in [0.3, 0.4) is 0 Å². The van der Waals surface area contributed by atoms with E-state index in [1.165, 1.54) is 55.2 Å². The average molecular weight is 282 g/mol. The van der Waals surface area contributed by atoms with Gasteiger partial charge in [0.05, 0.1) is 0 Å². The summed E-state index contributed by atoms with van der Waals surface area (Å²) in [6.07, 6.45) is 6.72. The van der Waals surface area contributed by atoms with Crippen LogP contribution in [0.1, 0.15) is 31.2 Å². The van der Waals surface area contributed by atoms with Gasteiger partial charge < -0.3 is 5.32 Å². The molecular weight excluding hydrogens is 262 g/mol. The first-order chi connectivity index (χ1) is 7.84. The second-order valence-electron chi connectivity index (χ2n) is 4.71. The highest BCUT2D eigenvalue weighted by molar-refractivity contribution is 9.10. The van der Waals surface area contributed by atoms with Gasteiger partial charge in [0.25, 0.3) is 0 Å². The first-order valence-corrected chi connectivity index (χ1v) is 7.09. The van der Waals surface area contributed by atoms with Gasteiger partial charge >= 0.3 is 0 Å². The van der Waals surface area contributed by atoms with Crippen molar-refractivity contribution < 1.29 is 0 Å². The van der Waals surface area contributed by atoms with E-state index in [1.54, 1.807) is 0 Å². The van der Waals surface area contributed by atoms with E-state index in [0.29, 0.717) is 0 Å². The number of aryl methyl sites for hydroxylation is 1. The number of benzene rings is 1. The SMILES string of the molecule is Brc1ccc(CCCC2CCNCC2)cc1. The Balaban J connectivity index is 1.69. The van der Waals surface area contributed by atoms with Crippen molar-refractivity contribution in [2.45, 2.75) is 32.1 Å². The Morgan fingerprint density at radius 2 is 1.81 bits per heavy atom. The lowest BCUT2D eigenvalue weighted by Gasteiger charge is -2.22. The molecule has 1 aromatic rings. The monoisotopic (exact) mass is 281 g/mol.